The molecule has 0 atom stereocenters. The number of aliphatic hydroxyl groups excluding tert-OH is 1. The first kappa shape index (κ1) is 9.81. The van der Waals surface area contributed by atoms with Gasteiger partial charge in [0.25, 0.3) is 0 Å². The van der Waals surface area contributed by atoms with Gasteiger partial charge in [0.2, 0.25) is 0 Å². The Morgan fingerprint density at radius 2 is 2.38 bits per heavy atom. The molecule has 1 rings (SSSR count). The summed E-state index contributed by atoms with van der Waals surface area (Å²) >= 11 is 1.21. The van der Waals surface area contributed by atoms with Gasteiger partial charge in [-0.2, -0.15) is 0 Å². The fourth-order valence-corrected chi connectivity index (χ4v) is 1.27. The SMILES string of the molecule is N/C(=N\O)c1nonc1SCCO. The highest BCUT2D eigenvalue weighted by Crippen LogP contribution is 2.17. The molecule has 0 saturated heterocycles. The molecule has 7 nitrogen and oxygen atoms in total. The predicted octanol–water partition coefficient (Wildman–Crippen LogP) is -0.752. The Labute approximate surface area is 77.6 Å². The second-order valence-corrected chi connectivity index (χ2v) is 3.06. The van der Waals surface area contributed by atoms with Crippen molar-refractivity contribution in [1.29, 1.82) is 0 Å². The van der Waals surface area contributed by atoms with Crippen LogP contribution in [0.4, 0.5) is 0 Å². The summed E-state index contributed by atoms with van der Waals surface area (Å²) in [7, 11) is 0. The van der Waals surface area contributed by atoms with E-state index in [9.17, 15) is 0 Å². The molecule has 4 N–H and O–H groups in total. The molecule has 0 saturated carbocycles. The van der Waals surface area contributed by atoms with Crippen LogP contribution in [0.5, 0.6) is 0 Å². The van der Waals surface area contributed by atoms with E-state index in [0.29, 0.717) is 10.8 Å². The molecule has 0 aliphatic heterocycles. The van der Waals surface area contributed by atoms with Gasteiger partial charge in [0.1, 0.15) is 0 Å². The van der Waals surface area contributed by atoms with Gasteiger partial charge in [-0.1, -0.05) is 16.9 Å². The molecule has 0 aliphatic carbocycles. The highest BCUT2D eigenvalue weighted by atomic mass is 32.2. The average Bonchev–Trinajstić information content (AvgIpc) is 2.61. The number of aliphatic hydroxyl groups is 1. The molecule has 0 aliphatic rings. The van der Waals surface area contributed by atoms with Gasteiger partial charge in [-0.15, -0.1) is 0 Å². The molecule has 1 aromatic rings. The summed E-state index contributed by atoms with van der Waals surface area (Å²) < 4.78 is 4.39. The zero-order valence-corrected chi connectivity index (χ0v) is 7.36. The van der Waals surface area contributed by atoms with Gasteiger partial charge in [-0.05, 0) is 10.3 Å². The maximum atomic E-state index is 8.54. The lowest BCUT2D eigenvalue weighted by molar-refractivity contribution is 0.296. The Bertz CT molecular complexity index is 300. The van der Waals surface area contributed by atoms with E-state index < -0.39 is 0 Å². The molecule has 0 aromatic carbocycles. The zero-order chi connectivity index (χ0) is 9.68. The van der Waals surface area contributed by atoms with Gasteiger partial charge in [0.15, 0.2) is 16.6 Å². The van der Waals surface area contributed by atoms with Crippen molar-refractivity contribution in [3.8, 4) is 0 Å². The molecule has 0 bridgehead atoms. The van der Waals surface area contributed by atoms with E-state index in [4.69, 9.17) is 16.0 Å². The van der Waals surface area contributed by atoms with E-state index in [-0.39, 0.29) is 18.1 Å². The third-order valence-electron chi connectivity index (χ3n) is 1.14. The van der Waals surface area contributed by atoms with Crippen molar-refractivity contribution >= 4 is 17.6 Å². The molecular formula is C5H8N4O3S. The van der Waals surface area contributed by atoms with Crippen LogP contribution >= 0.6 is 11.8 Å². The molecule has 1 aromatic heterocycles. The topological polar surface area (TPSA) is 118 Å². The van der Waals surface area contributed by atoms with Gasteiger partial charge in [-0.3, -0.25) is 0 Å². The van der Waals surface area contributed by atoms with Gasteiger partial charge in [0.05, 0.1) is 6.61 Å². The lowest BCUT2D eigenvalue weighted by Gasteiger charge is -1.94. The van der Waals surface area contributed by atoms with E-state index in [2.05, 4.69) is 20.1 Å². The summed E-state index contributed by atoms with van der Waals surface area (Å²) in [6.45, 7) is 0.00708. The zero-order valence-electron chi connectivity index (χ0n) is 6.54. The monoisotopic (exact) mass is 204 g/mol. The Hall–Kier alpha value is -1.28. The maximum absolute atomic E-state index is 8.54. The fraction of sp³-hybridized carbons (Fsp3) is 0.400. The Morgan fingerprint density at radius 1 is 1.62 bits per heavy atom. The Morgan fingerprint density at radius 3 is 3.00 bits per heavy atom. The number of amidine groups is 1. The van der Waals surface area contributed by atoms with Crippen molar-refractivity contribution in [3.63, 3.8) is 0 Å². The minimum Gasteiger partial charge on any atom is -0.409 e. The highest BCUT2D eigenvalue weighted by Gasteiger charge is 2.14. The number of rotatable bonds is 4. The van der Waals surface area contributed by atoms with E-state index >= 15 is 0 Å². The van der Waals surface area contributed by atoms with Gasteiger partial charge in [-0.25, -0.2) is 4.63 Å². The fourth-order valence-electron chi connectivity index (χ4n) is 0.621. The van der Waals surface area contributed by atoms with Crippen molar-refractivity contribution in [3.05, 3.63) is 5.69 Å². The first-order valence-corrected chi connectivity index (χ1v) is 4.32. The molecule has 1 heterocycles. The van der Waals surface area contributed by atoms with Crippen LogP contribution in [-0.4, -0.2) is 38.8 Å². The second kappa shape index (κ2) is 4.67. The standard InChI is InChI=1S/C5H8N4O3S/c6-4(7-11)3-5(9-12-8-3)13-2-1-10/h10-11H,1-2H2,(H2,6,7). The molecule has 0 fully saturated rings. The van der Waals surface area contributed by atoms with E-state index in [1.54, 1.807) is 0 Å². The van der Waals surface area contributed by atoms with Gasteiger partial charge >= 0.3 is 0 Å². The van der Waals surface area contributed by atoms with Crippen LogP contribution in [0.15, 0.2) is 14.8 Å². The maximum Gasteiger partial charge on any atom is 0.195 e. The molecule has 0 amide bonds. The normalized spacial score (nSPS) is 11.9. The van der Waals surface area contributed by atoms with Crippen LogP contribution in [0.1, 0.15) is 5.69 Å². The lowest BCUT2D eigenvalue weighted by atomic mass is 10.4. The minimum absolute atomic E-state index is 0.00708. The second-order valence-electron chi connectivity index (χ2n) is 1.98. The van der Waals surface area contributed by atoms with Crippen molar-refractivity contribution < 1.29 is 14.9 Å². The third kappa shape index (κ3) is 2.33. The molecule has 13 heavy (non-hydrogen) atoms. The van der Waals surface area contributed by atoms with Crippen LogP contribution in [0.25, 0.3) is 0 Å². The molecule has 8 heteroatoms. The lowest BCUT2D eigenvalue weighted by Crippen LogP contribution is -2.14. The first-order valence-electron chi connectivity index (χ1n) is 3.33. The smallest absolute Gasteiger partial charge is 0.195 e. The summed E-state index contributed by atoms with van der Waals surface area (Å²) in [5.74, 6) is 0.279. The van der Waals surface area contributed by atoms with E-state index in [1.807, 2.05) is 0 Å². The number of oxime groups is 1. The Kier molecular flexibility index (Phi) is 3.53. The van der Waals surface area contributed by atoms with Crippen LogP contribution in [0, 0.1) is 0 Å². The Balaban J connectivity index is 2.77. The van der Waals surface area contributed by atoms with Crippen molar-refractivity contribution in [2.75, 3.05) is 12.4 Å². The first-order chi connectivity index (χ1) is 6.29. The molecule has 0 unspecified atom stereocenters. The molecule has 0 spiro atoms. The number of nitrogens with zero attached hydrogens (tertiary/aromatic N) is 3. The number of hydrogen-bond acceptors (Lipinski definition) is 7. The minimum atomic E-state index is -0.165. The average molecular weight is 204 g/mol. The predicted molar refractivity (Wildman–Crippen MR) is 44.6 cm³/mol. The molecular weight excluding hydrogens is 196 g/mol. The molecule has 0 radical (unpaired) electrons. The van der Waals surface area contributed by atoms with Gasteiger partial charge in [0, 0.05) is 5.75 Å². The summed E-state index contributed by atoms with van der Waals surface area (Å²) in [5.41, 5.74) is 5.45. The van der Waals surface area contributed by atoms with Crippen LogP contribution in [0.3, 0.4) is 0 Å². The summed E-state index contributed by atoms with van der Waals surface area (Å²) in [4.78, 5) is 0. The van der Waals surface area contributed by atoms with E-state index in [1.165, 1.54) is 11.8 Å². The number of thioether (sulfide) groups is 1. The number of nitrogens with two attached hydrogens (primary N) is 1. The largest absolute Gasteiger partial charge is 0.409 e. The summed E-state index contributed by atoms with van der Waals surface area (Å²) in [5, 5.41) is 27.0. The molecule has 72 valence electrons. The third-order valence-corrected chi connectivity index (χ3v) is 2.07. The van der Waals surface area contributed by atoms with Crippen LogP contribution in [0.2, 0.25) is 0 Å². The highest BCUT2D eigenvalue weighted by molar-refractivity contribution is 7.99. The summed E-state index contributed by atoms with van der Waals surface area (Å²) in [6.07, 6.45) is 0. The van der Waals surface area contributed by atoms with E-state index in [0.717, 1.165) is 0 Å². The quantitative estimate of drug-likeness (QED) is 0.194. The van der Waals surface area contributed by atoms with Crippen LogP contribution < -0.4 is 5.73 Å². The van der Waals surface area contributed by atoms with Crippen LogP contribution in [-0.2, 0) is 0 Å². The number of hydrogen-bond donors (Lipinski definition) is 3. The van der Waals surface area contributed by atoms with Crippen molar-refractivity contribution in [2.45, 2.75) is 5.03 Å². The van der Waals surface area contributed by atoms with Crippen molar-refractivity contribution in [2.24, 2.45) is 10.9 Å². The summed E-state index contributed by atoms with van der Waals surface area (Å²) in [6, 6.07) is 0. The number of aromatic nitrogens is 2. The van der Waals surface area contributed by atoms with Gasteiger partial charge < -0.3 is 16.0 Å². The van der Waals surface area contributed by atoms with Crippen molar-refractivity contribution in [1.82, 2.24) is 10.3 Å².